The second-order valence-electron chi connectivity index (χ2n) is 4.60. The summed E-state index contributed by atoms with van der Waals surface area (Å²) >= 11 is 2.23. The van der Waals surface area contributed by atoms with Crippen molar-refractivity contribution in [3.63, 3.8) is 0 Å². The van der Waals surface area contributed by atoms with Crippen molar-refractivity contribution in [2.24, 2.45) is 5.84 Å². The molecule has 2 aromatic rings. The van der Waals surface area contributed by atoms with Crippen LogP contribution in [0.15, 0.2) is 42.5 Å². The molecule has 0 saturated carbocycles. The number of rotatable bonds is 5. The van der Waals surface area contributed by atoms with Gasteiger partial charge in [-0.15, -0.1) is 0 Å². The highest BCUT2D eigenvalue weighted by Crippen LogP contribution is 2.16. The minimum absolute atomic E-state index is 0.0703. The van der Waals surface area contributed by atoms with E-state index in [9.17, 15) is 8.78 Å². The maximum atomic E-state index is 13.6. The number of halogens is 3. The van der Waals surface area contributed by atoms with Gasteiger partial charge in [0.1, 0.15) is 11.6 Å². The van der Waals surface area contributed by atoms with Gasteiger partial charge in [0.2, 0.25) is 0 Å². The summed E-state index contributed by atoms with van der Waals surface area (Å²) in [4.78, 5) is 0. The first-order valence-electron chi connectivity index (χ1n) is 6.23. The largest absolute Gasteiger partial charge is 0.271 e. The molecule has 0 bridgehead atoms. The minimum Gasteiger partial charge on any atom is -0.271 e. The van der Waals surface area contributed by atoms with Crippen LogP contribution in [0.25, 0.3) is 0 Å². The Kier molecular flexibility index (Phi) is 5.45. The molecular formula is C15H15F2IN2. The third kappa shape index (κ3) is 3.97. The van der Waals surface area contributed by atoms with Crippen LogP contribution in [0.3, 0.4) is 0 Å². The van der Waals surface area contributed by atoms with Gasteiger partial charge in [-0.25, -0.2) is 8.78 Å². The molecule has 2 nitrogen and oxygen atoms in total. The molecule has 0 fully saturated rings. The molecule has 0 aliphatic carbocycles. The van der Waals surface area contributed by atoms with E-state index in [4.69, 9.17) is 5.84 Å². The summed E-state index contributed by atoms with van der Waals surface area (Å²) in [6.45, 7) is 0. The molecular weight excluding hydrogens is 373 g/mol. The van der Waals surface area contributed by atoms with Crippen LogP contribution in [-0.4, -0.2) is 6.04 Å². The van der Waals surface area contributed by atoms with Gasteiger partial charge in [0.05, 0.1) is 0 Å². The van der Waals surface area contributed by atoms with Crippen LogP contribution in [0.1, 0.15) is 11.1 Å². The van der Waals surface area contributed by atoms with E-state index in [1.165, 1.54) is 18.2 Å². The fraction of sp³-hybridized carbons (Fsp3) is 0.200. The van der Waals surface area contributed by atoms with E-state index in [0.717, 1.165) is 9.13 Å². The Morgan fingerprint density at radius 2 is 1.60 bits per heavy atom. The lowest BCUT2D eigenvalue weighted by molar-refractivity contribution is 0.484. The lowest BCUT2D eigenvalue weighted by atomic mass is 9.99. The Labute approximate surface area is 130 Å². The van der Waals surface area contributed by atoms with E-state index in [1.807, 2.05) is 24.3 Å². The molecule has 0 aliphatic rings. The third-order valence-corrected chi connectivity index (χ3v) is 3.86. The van der Waals surface area contributed by atoms with E-state index in [1.54, 1.807) is 0 Å². The maximum Gasteiger partial charge on any atom is 0.129 e. The lowest BCUT2D eigenvalue weighted by Gasteiger charge is -2.17. The summed E-state index contributed by atoms with van der Waals surface area (Å²) < 4.78 is 28.4. The first kappa shape index (κ1) is 15.3. The quantitative estimate of drug-likeness (QED) is 0.469. The molecule has 0 heterocycles. The van der Waals surface area contributed by atoms with Crippen molar-refractivity contribution in [3.05, 3.63) is 68.8 Å². The molecule has 5 heteroatoms. The summed E-state index contributed by atoms with van der Waals surface area (Å²) in [7, 11) is 0. The van der Waals surface area contributed by atoms with Crippen molar-refractivity contribution in [2.45, 2.75) is 18.9 Å². The second-order valence-corrected chi connectivity index (χ2v) is 5.84. The van der Waals surface area contributed by atoms with Gasteiger partial charge in [-0.2, -0.15) is 0 Å². The molecule has 2 rings (SSSR count). The third-order valence-electron chi connectivity index (χ3n) is 3.14. The number of hydrazine groups is 1. The summed E-state index contributed by atoms with van der Waals surface area (Å²) in [5.41, 5.74) is 3.78. The van der Waals surface area contributed by atoms with Crippen molar-refractivity contribution in [1.82, 2.24) is 5.43 Å². The van der Waals surface area contributed by atoms with E-state index < -0.39 is 11.6 Å². The number of benzene rings is 2. The van der Waals surface area contributed by atoms with Crippen molar-refractivity contribution in [2.75, 3.05) is 0 Å². The van der Waals surface area contributed by atoms with E-state index in [-0.39, 0.29) is 18.0 Å². The highest BCUT2D eigenvalue weighted by atomic mass is 127. The van der Waals surface area contributed by atoms with E-state index >= 15 is 0 Å². The van der Waals surface area contributed by atoms with E-state index in [0.29, 0.717) is 6.42 Å². The molecule has 0 saturated heterocycles. The van der Waals surface area contributed by atoms with Crippen LogP contribution in [-0.2, 0) is 12.8 Å². The fourth-order valence-electron chi connectivity index (χ4n) is 2.07. The summed E-state index contributed by atoms with van der Waals surface area (Å²) in [6, 6.07) is 11.6. The van der Waals surface area contributed by atoms with Gasteiger partial charge in [0.15, 0.2) is 0 Å². The van der Waals surface area contributed by atoms with Gasteiger partial charge in [-0.3, -0.25) is 11.3 Å². The normalized spacial score (nSPS) is 12.4. The van der Waals surface area contributed by atoms with Gasteiger partial charge < -0.3 is 0 Å². The number of hydrogen-bond acceptors (Lipinski definition) is 2. The Bertz CT molecular complexity index is 552. The molecule has 0 spiro atoms. The number of nitrogens with two attached hydrogens (primary N) is 1. The van der Waals surface area contributed by atoms with Crippen molar-refractivity contribution in [3.8, 4) is 0 Å². The zero-order valence-electron chi connectivity index (χ0n) is 10.7. The van der Waals surface area contributed by atoms with Gasteiger partial charge in [0, 0.05) is 15.2 Å². The standard InChI is InChI=1S/C15H15F2IN2/c16-14-2-1-3-15(17)13(14)9-12(20-19)8-10-4-6-11(18)7-5-10/h1-7,12,20H,8-9,19H2. The summed E-state index contributed by atoms with van der Waals surface area (Å²) in [5, 5.41) is 0. The summed E-state index contributed by atoms with van der Waals surface area (Å²) in [5.74, 6) is 4.43. The van der Waals surface area contributed by atoms with Gasteiger partial charge in [0.25, 0.3) is 0 Å². The SMILES string of the molecule is NNC(Cc1ccc(I)cc1)Cc1c(F)cccc1F. The monoisotopic (exact) mass is 388 g/mol. The maximum absolute atomic E-state index is 13.6. The van der Waals surface area contributed by atoms with Crippen LogP contribution < -0.4 is 11.3 Å². The molecule has 2 aromatic carbocycles. The lowest BCUT2D eigenvalue weighted by Crippen LogP contribution is -2.38. The zero-order chi connectivity index (χ0) is 14.5. The van der Waals surface area contributed by atoms with Crippen LogP contribution in [0.2, 0.25) is 0 Å². The molecule has 0 amide bonds. The highest BCUT2D eigenvalue weighted by molar-refractivity contribution is 14.1. The number of nitrogens with one attached hydrogen (secondary N) is 1. The van der Waals surface area contributed by atoms with Crippen LogP contribution in [0.5, 0.6) is 0 Å². The van der Waals surface area contributed by atoms with Gasteiger partial charge >= 0.3 is 0 Å². The fourth-order valence-corrected chi connectivity index (χ4v) is 2.43. The molecule has 20 heavy (non-hydrogen) atoms. The highest BCUT2D eigenvalue weighted by Gasteiger charge is 2.15. The van der Waals surface area contributed by atoms with Gasteiger partial charge in [-0.1, -0.05) is 18.2 Å². The predicted molar refractivity (Wildman–Crippen MR) is 84.0 cm³/mol. The Balaban J connectivity index is 2.11. The van der Waals surface area contributed by atoms with Crippen LogP contribution in [0.4, 0.5) is 8.78 Å². The molecule has 1 unspecified atom stereocenters. The Morgan fingerprint density at radius 3 is 2.15 bits per heavy atom. The smallest absolute Gasteiger partial charge is 0.129 e. The molecule has 0 aliphatic heterocycles. The topological polar surface area (TPSA) is 38.0 Å². The average molecular weight is 388 g/mol. The van der Waals surface area contributed by atoms with Crippen molar-refractivity contribution >= 4 is 22.6 Å². The Hall–Kier alpha value is -1.05. The molecule has 3 N–H and O–H groups in total. The molecule has 1 atom stereocenters. The van der Waals surface area contributed by atoms with Crippen LogP contribution >= 0.6 is 22.6 Å². The van der Waals surface area contributed by atoms with Crippen molar-refractivity contribution < 1.29 is 8.78 Å². The molecule has 106 valence electrons. The van der Waals surface area contributed by atoms with Crippen molar-refractivity contribution in [1.29, 1.82) is 0 Å². The number of hydrogen-bond donors (Lipinski definition) is 2. The van der Waals surface area contributed by atoms with Crippen LogP contribution in [0, 0.1) is 15.2 Å². The molecule has 0 aromatic heterocycles. The average Bonchev–Trinajstić information content (AvgIpc) is 2.44. The predicted octanol–water partition coefficient (Wildman–Crippen LogP) is 3.19. The zero-order valence-corrected chi connectivity index (χ0v) is 12.9. The first-order valence-corrected chi connectivity index (χ1v) is 7.31. The molecule has 0 radical (unpaired) electrons. The minimum atomic E-state index is -0.534. The second kappa shape index (κ2) is 7.10. The first-order chi connectivity index (χ1) is 9.60. The summed E-state index contributed by atoms with van der Waals surface area (Å²) in [6.07, 6.45) is 0.822. The van der Waals surface area contributed by atoms with E-state index in [2.05, 4.69) is 28.0 Å². The van der Waals surface area contributed by atoms with Gasteiger partial charge in [-0.05, 0) is 65.3 Å². The Morgan fingerprint density at radius 1 is 1.00 bits per heavy atom.